The molecule has 1 aromatic rings. The third kappa shape index (κ3) is 6.67. The van der Waals surface area contributed by atoms with E-state index in [0.29, 0.717) is 6.42 Å². The van der Waals surface area contributed by atoms with Gasteiger partial charge in [0.15, 0.2) is 0 Å². The normalized spacial score (nSPS) is 14.5. The Bertz CT molecular complexity index is 442. The second kappa shape index (κ2) is 7.50. The lowest BCUT2D eigenvalue weighted by Crippen LogP contribution is -2.32. The van der Waals surface area contributed by atoms with Crippen molar-refractivity contribution < 1.29 is 17.9 Å². The van der Waals surface area contributed by atoms with Gasteiger partial charge in [-0.05, 0) is 37.1 Å². The molecule has 2 nitrogen and oxygen atoms in total. The van der Waals surface area contributed by atoms with Crippen LogP contribution in [0.2, 0.25) is 0 Å². The number of alkyl halides is 3. The minimum Gasteiger partial charge on any atom is -0.406 e. The van der Waals surface area contributed by atoms with Crippen LogP contribution < -0.4 is 10.1 Å². The lowest BCUT2D eigenvalue weighted by atomic mass is 9.83. The second-order valence-corrected chi connectivity index (χ2v) is 5.40. The molecule has 21 heavy (non-hydrogen) atoms. The van der Waals surface area contributed by atoms with E-state index in [1.807, 2.05) is 6.08 Å². The lowest BCUT2D eigenvalue weighted by molar-refractivity contribution is -0.274. The Morgan fingerprint density at radius 1 is 1.24 bits per heavy atom. The first-order valence-electron chi connectivity index (χ1n) is 6.97. The van der Waals surface area contributed by atoms with Crippen molar-refractivity contribution in [3.8, 4) is 5.75 Å². The van der Waals surface area contributed by atoms with Crippen LogP contribution in [0.25, 0.3) is 0 Å². The van der Waals surface area contributed by atoms with Gasteiger partial charge in [-0.3, -0.25) is 0 Å². The minimum absolute atomic E-state index is 0.137. The summed E-state index contributed by atoms with van der Waals surface area (Å²) in [4.78, 5) is 0. The van der Waals surface area contributed by atoms with E-state index >= 15 is 0 Å². The van der Waals surface area contributed by atoms with Crippen molar-refractivity contribution in [1.82, 2.24) is 5.32 Å². The summed E-state index contributed by atoms with van der Waals surface area (Å²) in [5.74, 6) is -0.198. The van der Waals surface area contributed by atoms with Crippen LogP contribution >= 0.6 is 0 Å². The van der Waals surface area contributed by atoms with Crippen molar-refractivity contribution in [2.75, 3.05) is 13.1 Å². The number of nitrogens with one attached hydrogen (secondary N) is 1. The fourth-order valence-corrected chi connectivity index (χ4v) is 2.03. The average molecular weight is 301 g/mol. The van der Waals surface area contributed by atoms with Crippen LogP contribution in [-0.2, 0) is 6.42 Å². The molecule has 0 heterocycles. The Morgan fingerprint density at radius 2 is 1.86 bits per heavy atom. The van der Waals surface area contributed by atoms with Gasteiger partial charge < -0.3 is 10.1 Å². The summed E-state index contributed by atoms with van der Waals surface area (Å²) >= 11 is 0. The van der Waals surface area contributed by atoms with E-state index in [1.54, 1.807) is 12.1 Å². The topological polar surface area (TPSA) is 21.3 Å². The maximum Gasteiger partial charge on any atom is 0.573 e. The molecule has 0 bridgehead atoms. The van der Waals surface area contributed by atoms with Crippen molar-refractivity contribution in [3.63, 3.8) is 0 Å². The van der Waals surface area contributed by atoms with E-state index in [0.717, 1.165) is 25.1 Å². The zero-order chi connectivity index (χ0) is 15.9. The summed E-state index contributed by atoms with van der Waals surface area (Å²) in [6, 6.07) is 5.99. The van der Waals surface area contributed by atoms with E-state index in [9.17, 15) is 13.2 Å². The van der Waals surface area contributed by atoms with Gasteiger partial charge in [0.1, 0.15) is 5.75 Å². The largest absolute Gasteiger partial charge is 0.573 e. The van der Waals surface area contributed by atoms with Gasteiger partial charge >= 0.3 is 6.36 Å². The first kappa shape index (κ1) is 17.6. The number of halogens is 3. The zero-order valence-corrected chi connectivity index (χ0v) is 12.5. The first-order chi connectivity index (χ1) is 9.78. The maximum absolute atomic E-state index is 12.1. The molecule has 1 unspecified atom stereocenters. The Morgan fingerprint density at radius 3 is 2.33 bits per heavy atom. The summed E-state index contributed by atoms with van der Waals surface area (Å²) in [6.07, 6.45) is -1.01. The molecule has 0 fully saturated rings. The summed E-state index contributed by atoms with van der Waals surface area (Å²) < 4.78 is 40.2. The van der Waals surface area contributed by atoms with Crippen molar-refractivity contribution in [3.05, 3.63) is 42.5 Å². The maximum atomic E-state index is 12.1. The van der Waals surface area contributed by atoms with Crippen LogP contribution in [0.5, 0.6) is 5.75 Å². The molecule has 1 atom stereocenters. The van der Waals surface area contributed by atoms with E-state index in [-0.39, 0.29) is 11.2 Å². The average Bonchev–Trinajstić information content (AvgIpc) is 2.40. The van der Waals surface area contributed by atoms with Crippen LogP contribution in [0.1, 0.15) is 25.8 Å². The molecule has 1 N–H and O–H groups in total. The molecule has 118 valence electrons. The third-order valence-electron chi connectivity index (χ3n) is 3.21. The highest BCUT2D eigenvalue weighted by molar-refractivity contribution is 5.28. The molecule has 0 amide bonds. The molecule has 0 saturated heterocycles. The molecular formula is C16H22F3NO. The fraction of sp³-hybridized carbons (Fsp3) is 0.500. The summed E-state index contributed by atoms with van der Waals surface area (Å²) in [6.45, 7) is 9.74. The van der Waals surface area contributed by atoms with Crippen LogP contribution in [0.4, 0.5) is 13.2 Å². The monoisotopic (exact) mass is 301 g/mol. The summed E-state index contributed by atoms with van der Waals surface area (Å²) in [5, 5.41) is 3.34. The Hall–Kier alpha value is -1.49. The van der Waals surface area contributed by atoms with Gasteiger partial charge in [-0.1, -0.05) is 32.1 Å². The van der Waals surface area contributed by atoms with Crippen molar-refractivity contribution in [1.29, 1.82) is 0 Å². The molecule has 0 aliphatic rings. The standard InChI is InChI=1S/C16H22F3NO/c1-4-10-20-12-15(3,5-2)11-13-6-8-14(9-7-13)21-16(17,18)19/h5-9,20H,2,4,10-12H2,1,3H3. The van der Waals surface area contributed by atoms with Crippen LogP contribution in [0.3, 0.4) is 0 Å². The molecule has 0 saturated carbocycles. The van der Waals surface area contributed by atoms with Gasteiger partial charge in [-0.25, -0.2) is 0 Å². The van der Waals surface area contributed by atoms with Crippen LogP contribution in [0.15, 0.2) is 36.9 Å². The fourth-order valence-electron chi connectivity index (χ4n) is 2.03. The minimum atomic E-state index is -4.65. The Labute approximate surface area is 124 Å². The highest BCUT2D eigenvalue weighted by Gasteiger charge is 2.31. The summed E-state index contributed by atoms with van der Waals surface area (Å²) in [5.41, 5.74) is 0.812. The first-order valence-corrected chi connectivity index (χ1v) is 6.97. The molecule has 0 aromatic heterocycles. The second-order valence-electron chi connectivity index (χ2n) is 5.40. The number of benzene rings is 1. The van der Waals surface area contributed by atoms with E-state index < -0.39 is 6.36 Å². The quantitative estimate of drug-likeness (QED) is 0.570. The van der Waals surface area contributed by atoms with Gasteiger partial charge in [0, 0.05) is 12.0 Å². The van der Waals surface area contributed by atoms with Crippen molar-refractivity contribution in [2.24, 2.45) is 5.41 Å². The summed E-state index contributed by atoms with van der Waals surface area (Å²) in [7, 11) is 0. The molecule has 0 radical (unpaired) electrons. The number of ether oxygens (including phenoxy) is 1. The molecule has 5 heteroatoms. The van der Waals surface area contributed by atoms with E-state index in [2.05, 4.69) is 30.5 Å². The number of hydrogen-bond acceptors (Lipinski definition) is 2. The van der Waals surface area contributed by atoms with Crippen LogP contribution in [-0.4, -0.2) is 19.5 Å². The zero-order valence-electron chi connectivity index (χ0n) is 12.5. The number of rotatable bonds is 8. The van der Waals surface area contributed by atoms with Gasteiger partial charge in [-0.15, -0.1) is 19.8 Å². The molecule has 1 aromatic carbocycles. The highest BCUT2D eigenvalue weighted by atomic mass is 19.4. The predicted octanol–water partition coefficient (Wildman–Crippen LogP) is 4.32. The SMILES string of the molecule is C=CC(C)(CNCCC)Cc1ccc(OC(F)(F)F)cc1. The van der Waals surface area contributed by atoms with Crippen molar-refractivity contribution >= 4 is 0 Å². The highest BCUT2D eigenvalue weighted by Crippen LogP contribution is 2.26. The number of hydrogen-bond donors (Lipinski definition) is 1. The lowest BCUT2D eigenvalue weighted by Gasteiger charge is -2.26. The van der Waals surface area contributed by atoms with E-state index in [1.165, 1.54) is 12.1 Å². The smallest absolute Gasteiger partial charge is 0.406 e. The molecule has 0 aliphatic heterocycles. The Balaban J connectivity index is 2.66. The van der Waals surface area contributed by atoms with E-state index in [4.69, 9.17) is 0 Å². The molecule has 0 spiro atoms. The van der Waals surface area contributed by atoms with Gasteiger partial charge in [-0.2, -0.15) is 0 Å². The molecule has 1 rings (SSSR count). The third-order valence-corrected chi connectivity index (χ3v) is 3.21. The van der Waals surface area contributed by atoms with Gasteiger partial charge in [0.2, 0.25) is 0 Å². The van der Waals surface area contributed by atoms with Gasteiger partial charge in [0.05, 0.1) is 0 Å². The Kier molecular flexibility index (Phi) is 6.27. The molecular weight excluding hydrogens is 279 g/mol. The molecule has 0 aliphatic carbocycles. The van der Waals surface area contributed by atoms with Crippen molar-refractivity contribution in [2.45, 2.75) is 33.1 Å². The predicted molar refractivity (Wildman–Crippen MR) is 78.3 cm³/mol. The van der Waals surface area contributed by atoms with Crippen LogP contribution in [0, 0.1) is 5.41 Å². The van der Waals surface area contributed by atoms with Gasteiger partial charge in [0.25, 0.3) is 0 Å².